The lowest BCUT2D eigenvalue weighted by molar-refractivity contribution is -0.143. The van der Waals surface area contributed by atoms with Crippen molar-refractivity contribution in [1.29, 1.82) is 0 Å². The van der Waals surface area contributed by atoms with Crippen molar-refractivity contribution in [2.75, 3.05) is 0 Å². The Morgan fingerprint density at radius 3 is 3.20 bits per heavy atom. The van der Waals surface area contributed by atoms with Gasteiger partial charge in [-0.05, 0) is 36.6 Å². The highest BCUT2D eigenvalue weighted by atomic mass is 32.1. The Bertz CT molecular complexity index is 620. The van der Waals surface area contributed by atoms with E-state index < -0.39 is 5.97 Å². The van der Waals surface area contributed by atoms with E-state index in [0.717, 1.165) is 25.7 Å². The van der Waals surface area contributed by atoms with Crippen LogP contribution < -0.4 is 0 Å². The van der Waals surface area contributed by atoms with Gasteiger partial charge >= 0.3 is 5.97 Å². The second kappa shape index (κ2) is 4.45. The lowest BCUT2D eigenvalue weighted by Gasteiger charge is -2.31. The van der Waals surface area contributed by atoms with Crippen LogP contribution in [0.3, 0.4) is 0 Å². The molecule has 0 amide bonds. The van der Waals surface area contributed by atoms with Gasteiger partial charge in [-0.15, -0.1) is 11.3 Å². The van der Waals surface area contributed by atoms with Crippen molar-refractivity contribution in [3.63, 3.8) is 0 Å². The molecule has 0 bridgehead atoms. The summed E-state index contributed by atoms with van der Waals surface area (Å²) in [6.45, 7) is 0. The number of carboxylic acid groups (broad SMARTS) is 1. The predicted molar refractivity (Wildman–Crippen MR) is 76.8 cm³/mol. The van der Waals surface area contributed by atoms with Crippen LogP contribution in [-0.2, 0) is 4.79 Å². The molecule has 3 atom stereocenters. The standard InChI is InChI=1S/C15H16N2O2S/c18-15(19)10-3-1-2-9(6-10)13-14-11(4-5-20-14)12-7-16-8-17(12)13/h4-5,7-10,13H,1-3,6H2,(H,18,19)/t9-,10+,13-/m1/s1. The predicted octanol–water partition coefficient (Wildman–Crippen LogP) is 3.41. The first-order valence-corrected chi connectivity index (χ1v) is 7.96. The molecule has 3 heterocycles. The van der Waals surface area contributed by atoms with E-state index in [1.165, 1.54) is 16.1 Å². The average molecular weight is 288 g/mol. The van der Waals surface area contributed by atoms with E-state index in [2.05, 4.69) is 21.0 Å². The van der Waals surface area contributed by atoms with Crippen LogP contribution in [0.15, 0.2) is 24.0 Å². The molecule has 104 valence electrons. The van der Waals surface area contributed by atoms with Crippen molar-refractivity contribution in [2.45, 2.75) is 31.7 Å². The number of nitrogens with zero attached hydrogens (tertiary/aromatic N) is 2. The number of hydrogen-bond acceptors (Lipinski definition) is 3. The largest absolute Gasteiger partial charge is 0.481 e. The van der Waals surface area contributed by atoms with Crippen molar-refractivity contribution in [2.24, 2.45) is 11.8 Å². The molecule has 2 aliphatic rings. The quantitative estimate of drug-likeness (QED) is 0.921. The van der Waals surface area contributed by atoms with Gasteiger partial charge in [-0.3, -0.25) is 4.79 Å². The third kappa shape index (κ3) is 1.66. The summed E-state index contributed by atoms with van der Waals surface area (Å²) in [5.74, 6) is -0.396. The van der Waals surface area contributed by atoms with Crippen molar-refractivity contribution in [1.82, 2.24) is 9.55 Å². The number of aliphatic carboxylic acids is 1. The number of thiophene rings is 1. The molecule has 1 N–H and O–H groups in total. The topological polar surface area (TPSA) is 55.1 Å². The van der Waals surface area contributed by atoms with Gasteiger partial charge in [0.1, 0.15) is 0 Å². The zero-order valence-corrected chi connectivity index (χ0v) is 11.8. The molecule has 1 aliphatic carbocycles. The molecule has 0 radical (unpaired) electrons. The van der Waals surface area contributed by atoms with Gasteiger partial charge in [-0.2, -0.15) is 0 Å². The normalized spacial score (nSPS) is 28.1. The third-order valence-electron chi connectivity index (χ3n) is 4.72. The number of aromatic nitrogens is 2. The van der Waals surface area contributed by atoms with Crippen LogP contribution in [0, 0.1) is 11.8 Å². The Balaban J connectivity index is 1.71. The summed E-state index contributed by atoms with van der Waals surface area (Å²) in [7, 11) is 0. The highest BCUT2D eigenvalue weighted by Crippen LogP contribution is 2.49. The van der Waals surface area contributed by atoms with Gasteiger partial charge in [-0.25, -0.2) is 4.98 Å². The van der Waals surface area contributed by atoms with Crippen LogP contribution >= 0.6 is 11.3 Å². The first kappa shape index (κ1) is 12.1. The van der Waals surface area contributed by atoms with Crippen LogP contribution in [0.2, 0.25) is 0 Å². The van der Waals surface area contributed by atoms with Crippen LogP contribution in [-0.4, -0.2) is 20.6 Å². The van der Waals surface area contributed by atoms with Gasteiger partial charge < -0.3 is 9.67 Å². The number of carbonyl (C=O) groups is 1. The van der Waals surface area contributed by atoms with Crippen LogP contribution in [0.4, 0.5) is 0 Å². The smallest absolute Gasteiger partial charge is 0.306 e. The first-order valence-electron chi connectivity index (χ1n) is 7.08. The van der Waals surface area contributed by atoms with Crippen molar-refractivity contribution >= 4 is 17.3 Å². The van der Waals surface area contributed by atoms with E-state index >= 15 is 0 Å². The summed E-state index contributed by atoms with van der Waals surface area (Å²) < 4.78 is 2.25. The first-order chi connectivity index (χ1) is 9.75. The lowest BCUT2D eigenvalue weighted by Crippen LogP contribution is -2.27. The monoisotopic (exact) mass is 288 g/mol. The molecule has 0 unspecified atom stereocenters. The Morgan fingerprint density at radius 2 is 2.35 bits per heavy atom. The van der Waals surface area contributed by atoms with Crippen molar-refractivity contribution < 1.29 is 9.90 Å². The molecule has 5 heteroatoms. The number of fused-ring (bicyclic) bond motifs is 3. The van der Waals surface area contributed by atoms with Gasteiger partial charge in [0.25, 0.3) is 0 Å². The van der Waals surface area contributed by atoms with Crippen LogP contribution in [0.25, 0.3) is 11.3 Å². The van der Waals surface area contributed by atoms with E-state index in [1.807, 2.05) is 12.5 Å². The van der Waals surface area contributed by atoms with Gasteiger partial charge in [0, 0.05) is 10.4 Å². The molecule has 4 nitrogen and oxygen atoms in total. The summed E-state index contributed by atoms with van der Waals surface area (Å²) in [5, 5.41) is 11.4. The minimum atomic E-state index is -0.634. The zero-order valence-electron chi connectivity index (χ0n) is 11.0. The van der Waals surface area contributed by atoms with Crippen LogP contribution in [0.1, 0.15) is 36.6 Å². The number of carboxylic acids is 1. The molecule has 2 aromatic rings. The molecule has 20 heavy (non-hydrogen) atoms. The molecule has 1 fully saturated rings. The highest BCUT2D eigenvalue weighted by Gasteiger charge is 2.39. The molecular weight excluding hydrogens is 272 g/mol. The molecule has 1 aliphatic heterocycles. The maximum Gasteiger partial charge on any atom is 0.306 e. The lowest BCUT2D eigenvalue weighted by atomic mass is 9.77. The van der Waals surface area contributed by atoms with E-state index in [9.17, 15) is 9.90 Å². The zero-order chi connectivity index (χ0) is 13.7. The fraction of sp³-hybridized carbons (Fsp3) is 0.467. The van der Waals surface area contributed by atoms with Crippen molar-refractivity contribution in [3.05, 3.63) is 28.8 Å². The van der Waals surface area contributed by atoms with Crippen molar-refractivity contribution in [3.8, 4) is 11.3 Å². The Morgan fingerprint density at radius 1 is 1.45 bits per heavy atom. The molecule has 0 saturated heterocycles. The van der Waals surface area contributed by atoms with Gasteiger partial charge in [0.2, 0.25) is 0 Å². The maximum absolute atomic E-state index is 11.3. The Kier molecular flexibility index (Phi) is 2.70. The van der Waals surface area contributed by atoms with Gasteiger partial charge in [-0.1, -0.05) is 6.42 Å². The minimum absolute atomic E-state index is 0.176. The number of hydrogen-bond donors (Lipinski definition) is 1. The molecule has 0 aromatic carbocycles. The van der Waals surface area contributed by atoms with E-state index in [4.69, 9.17) is 0 Å². The summed E-state index contributed by atoms with van der Waals surface area (Å²) in [4.78, 5) is 16.9. The molecule has 0 spiro atoms. The van der Waals surface area contributed by atoms with E-state index in [1.54, 1.807) is 11.3 Å². The Labute approximate surface area is 121 Å². The summed E-state index contributed by atoms with van der Waals surface area (Å²) >= 11 is 1.79. The fourth-order valence-corrected chi connectivity index (χ4v) is 4.90. The number of rotatable bonds is 2. The van der Waals surface area contributed by atoms with Gasteiger partial charge in [0.15, 0.2) is 0 Å². The van der Waals surface area contributed by atoms with Gasteiger partial charge in [0.05, 0.1) is 30.2 Å². The second-order valence-corrected chi connectivity index (χ2v) is 6.74. The summed E-state index contributed by atoms with van der Waals surface area (Å²) in [6.07, 6.45) is 7.56. The molecule has 1 saturated carbocycles. The fourth-order valence-electron chi connectivity index (χ4n) is 3.80. The molecule has 4 rings (SSSR count). The highest BCUT2D eigenvalue weighted by molar-refractivity contribution is 7.10. The maximum atomic E-state index is 11.3. The molecular formula is C15H16N2O2S. The summed E-state index contributed by atoms with van der Waals surface area (Å²) in [5.41, 5.74) is 2.47. The van der Waals surface area contributed by atoms with Crippen LogP contribution in [0.5, 0.6) is 0 Å². The minimum Gasteiger partial charge on any atom is -0.481 e. The summed E-state index contributed by atoms with van der Waals surface area (Å²) in [6, 6.07) is 2.45. The van der Waals surface area contributed by atoms with E-state index in [0.29, 0.717) is 12.0 Å². The average Bonchev–Trinajstić information content (AvgIpc) is 3.10. The van der Waals surface area contributed by atoms with E-state index in [-0.39, 0.29) is 5.92 Å². The third-order valence-corrected chi connectivity index (χ3v) is 5.70. The Hall–Kier alpha value is -1.62. The SMILES string of the molecule is O=C(O)[C@H]1CCC[C@@H]([C@@H]2c3sccc3-c3cncn32)C1. The molecule has 2 aromatic heterocycles. The second-order valence-electron chi connectivity index (χ2n) is 5.79. The number of imidazole rings is 1.